The van der Waals surface area contributed by atoms with Crippen molar-refractivity contribution < 1.29 is 12.9 Å². The fourth-order valence-corrected chi connectivity index (χ4v) is 3.28. The Bertz CT molecular complexity index is 694. The Labute approximate surface area is 118 Å². The van der Waals surface area contributed by atoms with Crippen LogP contribution in [0.25, 0.3) is 0 Å². The van der Waals surface area contributed by atoms with E-state index in [9.17, 15) is 8.42 Å². The Morgan fingerprint density at radius 2 is 2.00 bits per heavy atom. The fraction of sp³-hybridized carbons (Fsp3) is 0.385. The third kappa shape index (κ3) is 3.64. The van der Waals surface area contributed by atoms with Crippen LogP contribution < -0.4 is 4.72 Å². The number of hydrogen-bond donors (Lipinski definition) is 1. The van der Waals surface area contributed by atoms with Crippen LogP contribution in [0.15, 0.2) is 28.8 Å². The summed E-state index contributed by atoms with van der Waals surface area (Å²) in [6, 6.07) is 6.84. The first-order chi connectivity index (χ1) is 9.37. The molecule has 1 heterocycles. The molecule has 0 spiro atoms. The molecule has 1 aromatic heterocycles. The number of benzene rings is 1. The highest BCUT2D eigenvalue weighted by molar-refractivity contribution is 7.88. The van der Waals surface area contributed by atoms with Crippen LogP contribution in [0.5, 0.6) is 0 Å². The summed E-state index contributed by atoms with van der Waals surface area (Å²) in [5, 5.41) is 3.64. The summed E-state index contributed by atoms with van der Waals surface area (Å²) < 4.78 is 31.8. The number of nitrogens with zero attached hydrogens (tertiary/aromatic N) is 2. The molecular formula is C13H17N3O3S. The maximum Gasteiger partial charge on any atom is 0.244 e. The van der Waals surface area contributed by atoms with Crippen LogP contribution in [0, 0.1) is 13.8 Å². The van der Waals surface area contributed by atoms with E-state index < -0.39 is 16.1 Å². The summed E-state index contributed by atoms with van der Waals surface area (Å²) in [4.78, 5) is 4.01. The maximum absolute atomic E-state index is 12.1. The number of hydrogen-bond acceptors (Lipinski definition) is 5. The van der Waals surface area contributed by atoms with E-state index in [2.05, 4.69) is 14.9 Å². The van der Waals surface area contributed by atoms with Crippen molar-refractivity contribution in [2.24, 2.45) is 0 Å². The van der Waals surface area contributed by atoms with E-state index in [1.807, 2.05) is 25.1 Å². The van der Waals surface area contributed by atoms with Gasteiger partial charge in [-0.15, -0.1) is 0 Å². The lowest BCUT2D eigenvalue weighted by Gasteiger charge is -2.11. The Kier molecular flexibility index (Phi) is 4.20. The highest BCUT2D eigenvalue weighted by atomic mass is 32.2. The normalized spacial score (nSPS) is 13.3. The van der Waals surface area contributed by atoms with Crippen molar-refractivity contribution in [2.75, 3.05) is 0 Å². The molecule has 1 N–H and O–H groups in total. The predicted octanol–water partition coefficient (Wildman–Crippen LogP) is 1.87. The summed E-state index contributed by atoms with van der Waals surface area (Å²) in [7, 11) is -3.47. The van der Waals surface area contributed by atoms with Gasteiger partial charge in [0.1, 0.15) is 0 Å². The smallest absolute Gasteiger partial charge is 0.244 e. The van der Waals surface area contributed by atoms with Crippen LogP contribution in [0.4, 0.5) is 0 Å². The van der Waals surface area contributed by atoms with Gasteiger partial charge in [-0.25, -0.2) is 13.1 Å². The van der Waals surface area contributed by atoms with Gasteiger partial charge in [0.25, 0.3) is 0 Å². The molecule has 0 bridgehead atoms. The summed E-state index contributed by atoms with van der Waals surface area (Å²) >= 11 is 0. The zero-order chi connectivity index (χ0) is 14.8. The summed E-state index contributed by atoms with van der Waals surface area (Å²) in [5.74, 6) is 0.665. The lowest BCUT2D eigenvalue weighted by Crippen LogP contribution is -2.28. The van der Waals surface area contributed by atoms with E-state index in [0.717, 1.165) is 11.1 Å². The number of aryl methyl sites for hydroxylation is 2. The third-order valence-corrected chi connectivity index (χ3v) is 4.28. The Morgan fingerprint density at radius 1 is 1.30 bits per heavy atom. The van der Waals surface area contributed by atoms with Crippen molar-refractivity contribution in [3.05, 3.63) is 47.1 Å². The Hall–Kier alpha value is -1.73. The van der Waals surface area contributed by atoms with E-state index >= 15 is 0 Å². The molecule has 0 fully saturated rings. The lowest BCUT2D eigenvalue weighted by atomic mass is 10.1. The van der Waals surface area contributed by atoms with Gasteiger partial charge in [-0.3, -0.25) is 0 Å². The molecule has 7 heteroatoms. The molecule has 1 atom stereocenters. The number of aromatic nitrogens is 2. The molecule has 20 heavy (non-hydrogen) atoms. The summed E-state index contributed by atoms with van der Waals surface area (Å²) in [5.41, 5.74) is 1.72. The zero-order valence-electron chi connectivity index (χ0n) is 11.6. The van der Waals surface area contributed by atoms with E-state index in [4.69, 9.17) is 4.52 Å². The first kappa shape index (κ1) is 14.7. The molecule has 1 aromatic carbocycles. The van der Waals surface area contributed by atoms with Crippen molar-refractivity contribution in [2.45, 2.75) is 32.6 Å². The first-order valence-electron chi connectivity index (χ1n) is 6.22. The quantitative estimate of drug-likeness (QED) is 0.910. The van der Waals surface area contributed by atoms with Gasteiger partial charge < -0.3 is 4.52 Å². The topological polar surface area (TPSA) is 85.1 Å². The molecule has 0 saturated carbocycles. The van der Waals surface area contributed by atoms with Crippen LogP contribution in [-0.2, 0) is 15.8 Å². The Balaban J connectivity index is 2.10. The van der Waals surface area contributed by atoms with Gasteiger partial charge in [0, 0.05) is 0 Å². The van der Waals surface area contributed by atoms with Gasteiger partial charge in [0.15, 0.2) is 5.82 Å². The first-order valence-corrected chi connectivity index (χ1v) is 7.87. The standard InChI is InChI=1S/C13H17N3O3S/c1-9-6-4-5-7-12(9)8-20(17,18)16-10(2)13-14-11(3)15-19-13/h4-7,10,16H,8H2,1-3H3/t10-/m1/s1. The zero-order valence-corrected chi connectivity index (χ0v) is 12.4. The SMILES string of the molecule is Cc1noc([C@@H](C)NS(=O)(=O)Cc2ccccc2C)n1. The van der Waals surface area contributed by atoms with E-state index in [1.165, 1.54) is 0 Å². The van der Waals surface area contributed by atoms with E-state index in [1.54, 1.807) is 19.9 Å². The molecule has 0 radical (unpaired) electrons. The molecule has 0 saturated heterocycles. The monoisotopic (exact) mass is 295 g/mol. The molecule has 0 unspecified atom stereocenters. The third-order valence-electron chi connectivity index (χ3n) is 2.88. The van der Waals surface area contributed by atoms with Crippen LogP contribution in [0.1, 0.15) is 35.8 Å². The molecule has 2 rings (SSSR count). The van der Waals surface area contributed by atoms with Crippen molar-refractivity contribution >= 4 is 10.0 Å². The van der Waals surface area contributed by atoms with Crippen LogP contribution in [0.2, 0.25) is 0 Å². The highest BCUT2D eigenvalue weighted by Gasteiger charge is 2.21. The van der Waals surface area contributed by atoms with Crippen molar-refractivity contribution in [1.82, 2.24) is 14.9 Å². The lowest BCUT2D eigenvalue weighted by molar-refractivity contribution is 0.350. The van der Waals surface area contributed by atoms with Gasteiger partial charge in [0.05, 0.1) is 11.8 Å². The fourth-order valence-electron chi connectivity index (χ4n) is 1.83. The van der Waals surface area contributed by atoms with Crippen LogP contribution in [-0.4, -0.2) is 18.6 Å². The largest absolute Gasteiger partial charge is 0.338 e. The minimum Gasteiger partial charge on any atom is -0.338 e. The highest BCUT2D eigenvalue weighted by Crippen LogP contribution is 2.15. The molecule has 0 aliphatic carbocycles. The molecule has 2 aromatic rings. The van der Waals surface area contributed by atoms with Crippen LogP contribution in [0.3, 0.4) is 0 Å². The van der Waals surface area contributed by atoms with Crippen molar-refractivity contribution in [3.63, 3.8) is 0 Å². The average Bonchev–Trinajstić information content (AvgIpc) is 2.78. The van der Waals surface area contributed by atoms with Gasteiger partial charge in [-0.05, 0) is 31.9 Å². The summed E-state index contributed by atoms with van der Waals surface area (Å²) in [6.07, 6.45) is 0. The van der Waals surface area contributed by atoms with E-state index in [-0.39, 0.29) is 11.6 Å². The van der Waals surface area contributed by atoms with Crippen molar-refractivity contribution in [3.8, 4) is 0 Å². The van der Waals surface area contributed by atoms with Gasteiger partial charge >= 0.3 is 0 Å². The summed E-state index contributed by atoms with van der Waals surface area (Å²) in [6.45, 7) is 5.24. The second-order valence-corrected chi connectivity index (χ2v) is 6.46. The molecule has 0 aliphatic rings. The second kappa shape index (κ2) is 5.72. The molecule has 108 valence electrons. The number of sulfonamides is 1. The van der Waals surface area contributed by atoms with Crippen molar-refractivity contribution in [1.29, 1.82) is 0 Å². The Morgan fingerprint density at radius 3 is 2.60 bits per heavy atom. The number of rotatable bonds is 5. The van der Waals surface area contributed by atoms with E-state index in [0.29, 0.717) is 5.82 Å². The predicted molar refractivity (Wildman–Crippen MR) is 74.4 cm³/mol. The average molecular weight is 295 g/mol. The van der Waals surface area contributed by atoms with Gasteiger partial charge in [0.2, 0.25) is 15.9 Å². The van der Waals surface area contributed by atoms with Gasteiger partial charge in [-0.2, -0.15) is 4.98 Å². The second-order valence-electron chi connectivity index (χ2n) is 4.70. The number of nitrogens with one attached hydrogen (secondary N) is 1. The minimum absolute atomic E-state index is 0.0723. The minimum atomic E-state index is -3.47. The molecule has 6 nitrogen and oxygen atoms in total. The maximum atomic E-state index is 12.1. The van der Waals surface area contributed by atoms with Gasteiger partial charge in [-0.1, -0.05) is 29.4 Å². The van der Waals surface area contributed by atoms with Crippen LogP contribution >= 0.6 is 0 Å². The molecule has 0 amide bonds. The molecular weight excluding hydrogens is 278 g/mol. The molecule has 0 aliphatic heterocycles.